The van der Waals surface area contributed by atoms with Crippen LogP contribution < -0.4 is 5.32 Å². The number of hydrogen-bond acceptors (Lipinski definition) is 4. The van der Waals surface area contributed by atoms with Crippen molar-refractivity contribution in [2.75, 3.05) is 25.5 Å². The third kappa shape index (κ3) is 3.43. The van der Waals surface area contributed by atoms with Gasteiger partial charge in [-0.25, -0.2) is 0 Å². The zero-order valence-electron chi connectivity index (χ0n) is 10.2. The monoisotopic (exact) mass is 313 g/mol. The minimum Gasteiger partial charge on any atom is -0.378 e. The standard InChI is InChI=1S/C12H16BrN3O2/c1-15(10-3-4-10)7-6-14-11-8-9(13)2-5-12(11)16(17)18/h2,5,8,10,14H,3-4,6-7H2,1H3. The molecule has 5 nitrogen and oxygen atoms in total. The number of hydrogen-bond donors (Lipinski definition) is 1. The summed E-state index contributed by atoms with van der Waals surface area (Å²) in [6, 6.07) is 5.65. The lowest BCUT2D eigenvalue weighted by Crippen LogP contribution is -2.27. The van der Waals surface area contributed by atoms with Crippen LogP contribution in [0.5, 0.6) is 0 Å². The second-order valence-electron chi connectivity index (χ2n) is 4.56. The van der Waals surface area contributed by atoms with Gasteiger partial charge in [0.2, 0.25) is 0 Å². The normalized spacial score (nSPS) is 14.8. The molecule has 1 aliphatic rings. The molecule has 0 heterocycles. The van der Waals surface area contributed by atoms with Gasteiger partial charge in [-0.2, -0.15) is 0 Å². The van der Waals surface area contributed by atoms with Gasteiger partial charge >= 0.3 is 0 Å². The molecule has 0 spiro atoms. The number of nitro benzene ring substituents is 1. The molecule has 0 radical (unpaired) electrons. The van der Waals surface area contributed by atoms with Crippen molar-refractivity contribution in [3.63, 3.8) is 0 Å². The smallest absolute Gasteiger partial charge is 0.292 e. The van der Waals surface area contributed by atoms with Crippen LogP contribution >= 0.6 is 15.9 Å². The van der Waals surface area contributed by atoms with Crippen molar-refractivity contribution in [3.05, 3.63) is 32.8 Å². The molecule has 6 heteroatoms. The Balaban J connectivity index is 1.94. The molecule has 1 N–H and O–H groups in total. The summed E-state index contributed by atoms with van der Waals surface area (Å²) in [6.45, 7) is 1.61. The van der Waals surface area contributed by atoms with Crippen molar-refractivity contribution in [1.82, 2.24) is 4.90 Å². The molecule has 0 aromatic heterocycles. The molecule has 0 atom stereocenters. The summed E-state index contributed by atoms with van der Waals surface area (Å²) in [4.78, 5) is 12.8. The minimum absolute atomic E-state index is 0.118. The lowest BCUT2D eigenvalue weighted by molar-refractivity contribution is -0.384. The highest BCUT2D eigenvalue weighted by Crippen LogP contribution is 2.28. The fourth-order valence-electron chi connectivity index (χ4n) is 1.87. The third-order valence-corrected chi connectivity index (χ3v) is 3.60. The van der Waals surface area contributed by atoms with E-state index in [9.17, 15) is 10.1 Å². The van der Waals surface area contributed by atoms with Crippen LogP contribution in [-0.2, 0) is 0 Å². The van der Waals surface area contributed by atoms with E-state index in [2.05, 4.69) is 33.2 Å². The molecule has 98 valence electrons. The van der Waals surface area contributed by atoms with E-state index in [4.69, 9.17) is 0 Å². The number of benzene rings is 1. The average Bonchev–Trinajstić information content (AvgIpc) is 3.12. The van der Waals surface area contributed by atoms with E-state index >= 15 is 0 Å². The van der Waals surface area contributed by atoms with Gasteiger partial charge in [0.15, 0.2) is 0 Å². The van der Waals surface area contributed by atoms with Gasteiger partial charge in [-0.3, -0.25) is 10.1 Å². The Hall–Kier alpha value is -1.14. The van der Waals surface area contributed by atoms with E-state index in [1.165, 1.54) is 18.9 Å². The van der Waals surface area contributed by atoms with Gasteiger partial charge in [-0.15, -0.1) is 0 Å². The molecular formula is C12H16BrN3O2. The summed E-state index contributed by atoms with van der Waals surface area (Å²) in [7, 11) is 2.09. The fraction of sp³-hybridized carbons (Fsp3) is 0.500. The number of anilines is 1. The van der Waals surface area contributed by atoms with Crippen LogP contribution in [0.15, 0.2) is 22.7 Å². The summed E-state index contributed by atoms with van der Waals surface area (Å²) in [5, 5.41) is 14.0. The molecule has 1 fully saturated rings. The lowest BCUT2D eigenvalue weighted by atomic mass is 10.2. The second-order valence-corrected chi connectivity index (χ2v) is 5.47. The lowest BCUT2D eigenvalue weighted by Gasteiger charge is -2.16. The molecule has 1 aliphatic carbocycles. The predicted octanol–water partition coefficient (Wildman–Crippen LogP) is 2.86. The van der Waals surface area contributed by atoms with Gasteiger partial charge in [0.25, 0.3) is 5.69 Å². The maximum Gasteiger partial charge on any atom is 0.292 e. The van der Waals surface area contributed by atoms with Crippen molar-refractivity contribution in [1.29, 1.82) is 0 Å². The highest BCUT2D eigenvalue weighted by atomic mass is 79.9. The minimum atomic E-state index is -0.362. The highest BCUT2D eigenvalue weighted by Gasteiger charge is 2.25. The Morgan fingerprint density at radius 1 is 1.56 bits per heavy atom. The zero-order valence-corrected chi connectivity index (χ0v) is 11.8. The van der Waals surface area contributed by atoms with Crippen LogP contribution in [0.4, 0.5) is 11.4 Å². The van der Waals surface area contributed by atoms with Gasteiger partial charge in [-0.05, 0) is 32.0 Å². The Kier molecular flexibility index (Phi) is 4.19. The van der Waals surface area contributed by atoms with E-state index < -0.39 is 0 Å². The van der Waals surface area contributed by atoms with Gasteiger partial charge < -0.3 is 10.2 Å². The topological polar surface area (TPSA) is 58.4 Å². The van der Waals surface area contributed by atoms with Crippen LogP contribution in [0.3, 0.4) is 0 Å². The maximum absolute atomic E-state index is 10.9. The van der Waals surface area contributed by atoms with Crippen LogP contribution in [0.1, 0.15) is 12.8 Å². The number of nitro groups is 1. The first-order valence-corrected chi connectivity index (χ1v) is 6.75. The fourth-order valence-corrected chi connectivity index (χ4v) is 2.23. The van der Waals surface area contributed by atoms with Crippen LogP contribution in [0, 0.1) is 10.1 Å². The first-order chi connectivity index (χ1) is 8.58. The first-order valence-electron chi connectivity index (χ1n) is 5.96. The third-order valence-electron chi connectivity index (χ3n) is 3.11. The van der Waals surface area contributed by atoms with Crippen molar-refractivity contribution < 1.29 is 4.92 Å². The molecule has 0 unspecified atom stereocenters. The zero-order chi connectivity index (χ0) is 13.1. The van der Waals surface area contributed by atoms with Gasteiger partial charge in [-0.1, -0.05) is 15.9 Å². The van der Waals surface area contributed by atoms with E-state index in [-0.39, 0.29) is 10.6 Å². The van der Waals surface area contributed by atoms with Gasteiger partial charge in [0.1, 0.15) is 5.69 Å². The molecule has 0 aliphatic heterocycles. The number of rotatable bonds is 6. The van der Waals surface area contributed by atoms with Gasteiger partial charge in [0, 0.05) is 29.7 Å². The van der Waals surface area contributed by atoms with Crippen molar-refractivity contribution >= 4 is 27.3 Å². The second kappa shape index (κ2) is 5.67. The average molecular weight is 314 g/mol. The van der Waals surface area contributed by atoms with E-state index in [0.717, 1.165) is 11.0 Å². The molecule has 0 amide bonds. The van der Waals surface area contributed by atoms with Crippen LogP contribution in [-0.4, -0.2) is 36.0 Å². The molecule has 2 rings (SSSR count). The summed E-state index contributed by atoms with van der Waals surface area (Å²) in [5.74, 6) is 0. The quantitative estimate of drug-likeness (QED) is 0.648. The predicted molar refractivity (Wildman–Crippen MR) is 74.9 cm³/mol. The Morgan fingerprint density at radius 2 is 2.28 bits per heavy atom. The molecule has 0 saturated heterocycles. The first kappa shape index (κ1) is 13.3. The summed E-state index contributed by atoms with van der Waals surface area (Å²) >= 11 is 3.33. The number of halogens is 1. The van der Waals surface area contributed by atoms with E-state index in [1.807, 2.05) is 0 Å². The Morgan fingerprint density at radius 3 is 2.89 bits per heavy atom. The van der Waals surface area contributed by atoms with Crippen LogP contribution in [0.2, 0.25) is 0 Å². The molecule has 0 bridgehead atoms. The van der Waals surface area contributed by atoms with E-state index in [1.54, 1.807) is 12.1 Å². The van der Waals surface area contributed by atoms with E-state index in [0.29, 0.717) is 18.3 Å². The van der Waals surface area contributed by atoms with Crippen molar-refractivity contribution in [2.45, 2.75) is 18.9 Å². The summed E-state index contributed by atoms with van der Waals surface area (Å²) in [6.07, 6.45) is 2.54. The summed E-state index contributed by atoms with van der Waals surface area (Å²) < 4.78 is 0.839. The van der Waals surface area contributed by atoms with Crippen molar-refractivity contribution in [3.8, 4) is 0 Å². The molecule has 1 aromatic rings. The molecular weight excluding hydrogens is 298 g/mol. The SMILES string of the molecule is CN(CCNc1cc(Br)ccc1[N+](=O)[O-])C1CC1. The maximum atomic E-state index is 10.9. The number of likely N-dealkylation sites (N-methyl/N-ethyl adjacent to an activating group) is 1. The van der Waals surface area contributed by atoms with Crippen molar-refractivity contribution in [2.24, 2.45) is 0 Å². The largest absolute Gasteiger partial charge is 0.378 e. The number of nitrogens with zero attached hydrogens (tertiary/aromatic N) is 2. The Labute approximate surface area is 114 Å². The molecule has 18 heavy (non-hydrogen) atoms. The summed E-state index contributed by atoms with van der Waals surface area (Å²) in [5.41, 5.74) is 0.686. The Bertz CT molecular complexity index is 449. The number of nitrogens with one attached hydrogen (secondary N) is 1. The molecule has 1 aromatic carbocycles. The van der Waals surface area contributed by atoms with Crippen LogP contribution in [0.25, 0.3) is 0 Å². The molecule has 1 saturated carbocycles. The highest BCUT2D eigenvalue weighted by molar-refractivity contribution is 9.10. The van der Waals surface area contributed by atoms with Gasteiger partial charge in [0.05, 0.1) is 4.92 Å².